The topological polar surface area (TPSA) is 57.6 Å². The third kappa shape index (κ3) is 2.87. The number of carbonyl (C=O) groups is 2. The van der Waals surface area contributed by atoms with Crippen LogP contribution in [-0.2, 0) is 16.0 Å². The molecule has 1 aliphatic rings. The Morgan fingerprint density at radius 2 is 2.14 bits per heavy atom. The SMILES string of the molecule is O=C(O)C1CN(C(=O)CCc2cc(Cl)cs2)c2ccccc21. The Hall–Kier alpha value is -1.85. The van der Waals surface area contributed by atoms with Crippen molar-refractivity contribution in [3.05, 3.63) is 51.2 Å². The second-order valence-electron chi connectivity index (χ2n) is 5.19. The Morgan fingerprint density at radius 3 is 2.82 bits per heavy atom. The smallest absolute Gasteiger partial charge is 0.312 e. The zero-order valence-electron chi connectivity index (χ0n) is 11.7. The van der Waals surface area contributed by atoms with Gasteiger partial charge >= 0.3 is 5.97 Å². The van der Waals surface area contributed by atoms with Gasteiger partial charge in [-0.3, -0.25) is 9.59 Å². The van der Waals surface area contributed by atoms with Crippen LogP contribution in [0.3, 0.4) is 0 Å². The van der Waals surface area contributed by atoms with Gasteiger partial charge in [-0.15, -0.1) is 11.3 Å². The van der Waals surface area contributed by atoms with Gasteiger partial charge in [-0.1, -0.05) is 29.8 Å². The average Bonchev–Trinajstić information content (AvgIpc) is 3.08. The van der Waals surface area contributed by atoms with Gasteiger partial charge in [0.15, 0.2) is 0 Å². The normalized spacial score (nSPS) is 16.6. The monoisotopic (exact) mass is 335 g/mol. The first-order chi connectivity index (χ1) is 10.6. The lowest BCUT2D eigenvalue weighted by Crippen LogP contribution is -2.31. The Bertz CT molecular complexity index is 728. The summed E-state index contributed by atoms with van der Waals surface area (Å²) in [5.74, 6) is -1.59. The summed E-state index contributed by atoms with van der Waals surface area (Å²) in [6.07, 6.45) is 0.962. The fourth-order valence-electron chi connectivity index (χ4n) is 2.70. The van der Waals surface area contributed by atoms with Gasteiger partial charge in [0.1, 0.15) is 5.92 Å². The number of aryl methyl sites for hydroxylation is 1. The number of anilines is 1. The number of rotatable bonds is 4. The second-order valence-corrected chi connectivity index (χ2v) is 6.62. The highest BCUT2D eigenvalue weighted by molar-refractivity contribution is 7.10. The van der Waals surface area contributed by atoms with Crippen LogP contribution in [0.5, 0.6) is 0 Å². The van der Waals surface area contributed by atoms with Gasteiger partial charge in [-0.25, -0.2) is 0 Å². The summed E-state index contributed by atoms with van der Waals surface area (Å²) >= 11 is 7.40. The molecule has 0 radical (unpaired) electrons. The van der Waals surface area contributed by atoms with Crippen LogP contribution in [-0.4, -0.2) is 23.5 Å². The van der Waals surface area contributed by atoms with Crippen LogP contribution in [0.4, 0.5) is 5.69 Å². The molecule has 4 nitrogen and oxygen atoms in total. The van der Waals surface area contributed by atoms with Gasteiger partial charge in [0, 0.05) is 28.9 Å². The van der Waals surface area contributed by atoms with E-state index < -0.39 is 11.9 Å². The van der Waals surface area contributed by atoms with E-state index in [1.165, 1.54) is 11.3 Å². The Morgan fingerprint density at radius 1 is 1.36 bits per heavy atom. The zero-order valence-corrected chi connectivity index (χ0v) is 13.2. The van der Waals surface area contributed by atoms with E-state index in [2.05, 4.69) is 0 Å². The predicted molar refractivity (Wildman–Crippen MR) is 86.8 cm³/mol. The van der Waals surface area contributed by atoms with Crippen LogP contribution in [0.25, 0.3) is 0 Å². The van der Waals surface area contributed by atoms with Gasteiger partial charge < -0.3 is 10.0 Å². The largest absolute Gasteiger partial charge is 0.481 e. The summed E-state index contributed by atoms with van der Waals surface area (Å²) in [5.41, 5.74) is 1.42. The zero-order chi connectivity index (χ0) is 15.7. The van der Waals surface area contributed by atoms with E-state index in [4.69, 9.17) is 11.6 Å². The first-order valence-electron chi connectivity index (χ1n) is 6.91. The standard InChI is InChI=1S/C16H14ClNO3S/c17-10-7-11(22-9-10)5-6-15(19)18-8-13(16(20)21)12-3-1-2-4-14(12)18/h1-4,7,9,13H,5-6,8H2,(H,20,21). The van der Waals surface area contributed by atoms with Crippen LogP contribution < -0.4 is 4.90 Å². The third-order valence-electron chi connectivity index (χ3n) is 3.77. The highest BCUT2D eigenvalue weighted by Crippen LogP contribution is 2.36. The van der Waals surface area contributed by atoms with Gasteiger partial charge in [-0.2, -0.15) is 0 Å². The molecule has 1 amide bonds. The summed E-state index contributed by atoms with van der Waals surface area (Å²) in [7, 11) is 0. The minimum atomic E-state index is -0.896. The molecule has 0 fully saturated rings. The van der Waals surface area contributed by atoms with Gasteiger partial charge in [0.25, 0.3) is 0 Å². The van der Waals surface area contributed by atoms with Crippen molar-refractivity contribution >= 4 is 40.5 Å². The highest BCUT2D eigenvalue weighted by atomic mass is 35.5. The van der Waals surface area contributed by atoms with Crippen LogP contribution in [0, 0.1) is 0 Å². The lowest BCUT2D eigenvalue weighted by atomic mass is 10.0. The number of carboxylic acid groups (broad SMARTS) is 1. The molecule has 1 atom stereocenters. The van der Waals surface area contributed by atoms with E-state index in [9.17, 15) is 14.7 Å². The van der Waals surface area contributed by atoms with Crippen LogP contribution in [0.1, 0.15) is 22.8 Å². The minimum absolute atomic E-state index is 0.0549. The molecular weight excluding hydrogens is 322 g/mol. The molecule has 1 aromatic heterocycles. The first kappa shape index (κ1) is 15.1. The van der Waals surface area contributed by atoms with Crippen molar-refractivity contribution in [2.24, 2.45) is 0 Å². The lowest BCUT2D eigenvalue weighted by Gasteiger charge is -2.17. The molecule has 2 aromatic rings. The molecule has 1 aromatic carbocycles. The van der Waals surface area contributed by atoms with Gasteiger partial charge in [0.05, 0.1) is 5.02 Å². The molecule has 1 N–H and O–H groups in total. The number of carboxylic acids is 1. The third-order valence-corrected chi connectivity index (χ3v) is 5.12. The number of para-hydroxylation sites is 1. The fourth-order valence-corrected chi connectivity index (χ4v) is 3.78. The summed E-state index contributed by atoms with van der Waals surface area (Å²) < 4.78 is 0. The summed E-state index contributed by atoms with van der Waals surface area (Å²) in [5, 5.41) is 11.8. The van der Waals surface area contributed by atoms with Crippen molar-refractivity contribution in [3.63, 3.8) is 0 Å². The predicted octanol–water partition coefficient (Wildman–Crippen LogP) is 3.55. The second kappa shape index (κ2) is 6.10. The number of benzene rings is 1. The lowest BCUT2D eigenvalue weighted by molar-refractivity contribution is -0.138. The van der Waals surface area contributed by atoms with Gasteiger partial charge in [-0.05, 0) is 24.1 Å². The van der Waals surface area contributed by atoms with E-state index >= 15 is 0 Å². The molecule has 0 bridgehead atoms. The molecule has 114 valence electrons. The Balaban J connectivity index is 1.74. The fraction of sp³-hybridized carbons (Fsp3) is 0.250. The van der Waals surface area contributed by atoms with Crippen molar-refractivity contribution in [1.82, 2.24) is 0 Å². The van der Waals surface area contributed by atoms with Crippen molar-refractivity contribution in [3.8, 4) is 0 Å². The van der Waals surface area contributed by atoms with Crippen molar-refractivity contribution in [1.29, 1.82) is 0 Å². The summed E-state index contributed by atoms with van der Waals surface area (Å²) in [6.45, 7) is 0.207. The molecule has 1 aliphatic heterocycles. The van der Waals surface area contributed by atoms with Crippen LogP contribution in [0.2, 0.25) is 5.02 Å². The number of carbonyl (C=O) groups excluding carboxylic acids is 1. The maximum Gasteiger partial charge on any atom is 0.312 e. The Labute approximate surface area is 136 Å². The molecule has 0 spiro atoms. The maximum atomic E-state index is 12.5. The molecule has 0 saturated carbocycles. The van der Waals surface area contributed by atoms with Crippen molar-refractivity contribution in [2.45, 2.75) is 18.8 Å². The molecule has 1 unspecified atom stereocenters. The van der Waals surface area contributed by atoms with Crippen molar-refractivity contribution < 1.29 is 14.7 Å². The molecule has 2 heterocycles. The van der Waals surface area contributed by atoms with Crippen LogP contribution in [0.15, 0.2) is 35.7 Å². The molecule has 0 aliphatic carbocycles. The molecular formula is C16H14ClNO3S. The molecule has 3 rings (SSSR count). The molecule has 0 saturated heterocycles. The maximum absolute atomic E-state index is 12.5. The number of nitrogens with zero attached hydrogens (tertiary/aromatic N) is 1. The van der Waals surface area contributed by atoms with E-state index in [0.717, 1.165) is 4.88 Å². The number of hydrogen-bond donors (Lipinski definition) is 1. The number of amides is 1. The Kier molecular flexibility index (Phi) is 4.18. The number of hydrogen-bond acceptors (Lipinski definition) is 3. The number of halogens is 1. The van der Waals surface area contributed by atoms with E-state index in [1.54, 1.807) is 23.1 Å². The average molecular weight is 336 g/mol. The first-order valence-corrected chi connectivity index (χ1v) is 8.17. The van der Waals surface area contributed by atoms with Crippen molar-refractivity contribution in [2.75, 3.05) is 11.4 Å². The number of thiophene rings is 1. The van der Waals surface area contributed by atoms with E-state index in [-0.39, 0.29) is 12.5 Å². The molecule has 22 heavy (non-hydrogen) atoms. The van der Waals surface area contributed by atoms with E-state index in [0.29, 0.717) is 29.1 Å². The van der Waals surface area contributed by atoms with Crippen LogP contribution >= 0.6 is 22.9 Å². The summed E-state index contributed by atoms with van der Waals surface area (Å²) in [6, 6.07) is 9.06. The highest BCUT2D eigenvalue weighted by Gasteiger charge is 2.35. The van der Waals surface area contributed by atoms with E-state index in [1.807, 2.05) is 17.5 Å². The number of aliphatic carboxylic acids is 1. The quantitative estimate of drug-likeness (QED) is 0.929. The minimum Gasteiger partial charge on any atom is -0.481 e. The number of fused-ring (bicyclic) bond motifs is 1. The van der Waals surface area contributed by atoms with Gasteiger partial charge in [0.2, 0.25) is 5.91 Å². The summed E-state index contributed by atoms with van der Waals surface area (Å²) in [4.78, 5) is 26.5. The molecule has 6 heteroatoms.